The summed E-state index contributed by atoms with van der Waals surface area (Å²) in [6, 6.07) is 3.07. The highest BCUT2D eigenvalue weighted by Crippen LogP contribution is 2.17. The number of carbonyl (C=O) groups excluding carboxylic acids is 1. The third-order valence-corrected chi connectivity index (χ3v) is 2.74. The number of aromatic nitrogens is 1. The molecule has 5 heteroatoms. The van der Waals surface area contributed by atoms with E-state index in [0.29, 0.717) is 12.1 Å². The molecule has 0 aromatic carbocycles. The lowest BCUT2D eigenvalue weighted by molar-refractivity contribution is 0.0771. The highest BCUT2D eigenvalue weighted by atomic mass is 35.5. The first-order valence-corrected chi connectivity index (χ1v) is 5.70. The molecular weight excluding hydrogens is 247 g/mol. The number of nitrogens with zero attached hydrogens (tertiary/aromatic N) is 2. The summed E-state index contributed by atoms with van der Waals surface area (Å²) in [4.78, 5) is 17.6. The smallest absolute Gasteiger partial charge is 0.254 e. The molecule has 16 heavy (non-hydrogen) atoms. The molecule has 0 N–H and O–H groups in total. The largest absolute Gasteiger partial charge is 0.335 e. The van der Waals surface area contributed by atoms with Crippen molar-refractivity contribution < 1.29 is 4.79 Å². The average Bonchev–Trinajstić information content (AvgIpc) is 2.28. The minimum Gasteiger partial charge on any atom is -0.335 e. The Labute approximate surface area is 104 Å². The Morgan fingerprint density at radius 1 is 1.25 bits per heavy atom. The molecule has 84 valence electrons. The highest BCUT2D eigenvalue weighted by Gasteiger charge is 2.17. The summed E-state index contributed by atoms with van der Waals surface area (Å²) in [7, 11) is 0. The fourth-order valence-corrected chi connectivity index (χ4v) is 2.06. The summed E-state index contributed by atoms with van der Waals surface area (Å²) in [6.07, 6.45) is 4.93. The molecule has 1 amide bonds. The van der Waals surface area contributed by atoms with Crippen LogP contribution in [0.4, 0.5) is 0 Å². The van der Waals surface area contributed by atoms with Gasteiger partial charge in [-0.3, -0.25) is 4.79 Å². The Morgan fingerprint density at radius 3 is 2.50 bits per heavy atom. The Morgan fingerprint density at radius 2 is 1.94 bits per heavy atom. The zero-order chi connectivity index (χ0) is 11.5. The van der Waals surface area contributed by atoms with Gasteiger partial charge in [-0.25, -0.2) is 4.98 Å². The molecule has 0 saturated heterocycles. The maximum Gasteiger partial charge on any atom is 0.254 e. The summed E-state index contributed by atoms with van der Waals surface area (Å²) < 4.78 is 0. The zero-order valence-electron chi connectivity index (χ0n) is 8.49. The molecular formula is C11H10Cl2N2O. The van der Waals surface area contributed by atoms with Crippen LogP contribution in [0.3, 0.4) is 0 Å². The van der Waals surface area contributed by atoms with Crippen molar-refractivity contribution in [3.8, 4) is 0 Å². The monoisotopic (exact) mass is 256 g/mol. The van der Waals surface area contributed by atoms with Gasteiger partial charge in [-0.05, 0) is 18.6 Å². The lowest BCUT2D eigenvalue weighted by atomic mass is 10.2. The number of halogens is 2. The van der Waals surface area contributed by atoms with Crippen LogP contribution in [0, 0.1) is 0 Å². The number of rotatable bonds is 1. The van der Waals surface area contributed by atoms with Crippen molar-refractivity contribution in [2.45, 2.75) is 6.42 Å². The first-order valence-electron chi connectivity index (χ1n) is 4.94. The fourth-order valence-electron chi connectivity index (χ4n) is 1.60. The Balaban J connectivity index is 2.23. The summed E-state index contributed by atoms with van der Waals surface area (Å²) in [5, 5.41) is 0.479. The zero-order valence-corrected chi connectivity index (χ0v) is 10.0. The molecule has 0 spiro atoms. The number of amides is 1. The summed E-state index contributed by atoms with van der Waals surface area (Å²) in [5.74, 6) is -0.0597. The van der Waals surface area contributed by atoms with Crippen molar-refractivity contribution in [1.29, 1.82) is 0 Å². The molecule has 0 aliphatic carbocycles. The predicted octanol–water partition coefficient (Wildman–Crippen LogP) is 2.79. The van der Waals surface area contributed by atoms with Gasteiger partial charge in [0.05, 0.1) is 0 Å². The Hall–Kier alpha value is -1.06. The minimum atomic E-state index is -0.0597. The Kier molecular flexibility index (Phi) is 3.46. The molecule has 0 radical (unpaired) electrons. The van der Waals surface area contributed by atoms with Crippen molar-refractivity contribution in [1.82, 2.24) is 9.88 Å². The van der Waals surface area contributed by atoms with Crippen LogP contribution >= 0.6 is 23.2 Å². The van der Waals surface area contributed by atoms with Crippen LogP contribution in [0.15, 0.2) is 24.3 Å². The van der Waals surface area contributed by atoms with Crippen molar-refractivity contribution in [2.75, 3.05) is 13.1 Å². The molecule has 1 aromatic rings. The highest BCUT2D eigenvalue weighted by molar-refractivity contribution is 6.33. The molecule has 1 aliphatic rings. The van der Waals surface area contributed by atoms with Gasteiger partial charge in [0.1, 0.15) is 10.3 Å². The molecule has 1 aliphatic heterocycles. The second-order valence-corrected chi connectivity index (χ2v) is 4.29. The third kappa shape index (κ3) is 2.54. The summed E-state index contributed by atoms with van der Waals surface area (Å²) >= 11 is 11.5. The van der Waals surface area contributed by atoms with Crippen molar-refractivity contribution in [3.05, 3.63) is 40.2 Å². The average molecular weight is 257 g/mol. The molecule has 2 heterocycles. The third-order valence-electron chi connectivity index (χ3n) is 2.36. The van der Waals surface area contributed by atoms with Crippen LogP contribution in [0.5, 0.6) is 0 Å². The second kappa shape index (κ2) is 4.85. The van der Waals surface area contributed by atoms with E-state index in [9.17, 15) is 4.79 Å². The van der Waals surface area contributed by atoms with Crippen molar-refractivity contribution >= 4 is 29.1 Å². The van der Waals surface area contributed by atoms with E-state index in [2.05, 4.69) is 11.1 Å². The normalized spacial score (nSPS) is 15.2. The van der Waals surface area contributed by atoms with E-state index >= 15 is 0 Å². The van der Waals surface area contributed by atoms with Crippen LogP contribution in [0.2, 0.25) is 10.3 Å². The molecule has 0 saturated carbocycles. The van der Waals surface area contributed by atoms with E-state index in [1.165, 1.54) is 12.1 Å². The molecule has 1 aromatic heterocycles. The van der Waals surface area contributed by atoms with Crippen LogP contribution in [0.25, 0.3) is 0 Å². The van der Waals surface area contributed by atoms with E-state index in [1.54, 1.807) is 4.90 Å². The summed E-state index contributed by atoms with van der Waals surface area (Å²) in [6.45, 7) is 1.36. The summed E-state index contributed by atoms with van der Waals surface area (Å²) in [5.41, 5.74) is 0.486. The number of hydrogen-bond donors (Lipinski definition) is 0. The van der Waals surface area contributed by atoms with Crippen LogP contribution in [0.1, 0.15) is 16.8 Å². The lowest BCUT2D eigenvalue weighted by Crippen LogP contribution is -2.33. The van der Waals surface area contributed by atoms with E-state index in [-0.39, 0.29) is 16.2 Å². The predicted molar refractivity (Wildman–Crippen MR) is 63.9 cm³/mol. The van der Waals surface area contributed by atoms with Gasteiger partial charge in [0.25, 0.3) is 5.91 Å². The van der Waals surface area contributed by atoms with Crippen LogP contribution in [-0.2, 0) is 0 Å². The number of pyridine rings is 1. The van der Waals surface area contributed by atoms with Gasteiger partial charge < -0.3 is 4.90 Å². The molecule has 0 bridgehead atoms. The van der Waals surface area contributed by atoms with Gasteiger partial charge in [-0.2, -0.15) is 0 Å². The van der Waals surface area contributed by atoms with Gasteiger partial charge >= 0.3 is 0 Å². The molecule has 0 fully saturated rings. The van der Waals surface area contributed by atoms with Gasteiger partial charge in [0.15, 0.2) is 0 Å². The first-order chi connectivity index (χ1) is 7.66. The molecule has 2 rings (SSSR count). The van der Waals surface area contributed by atoms with Gasteiger partial charge in [0, 0.05) is 18.7 Å². The van der Waals surface area contributed by atoms with Gasteiger partial charge in [0.2, 0.25) is 0 Å². The van der Waals surface area contributed by atoms with E-state index in [4.69, 9.17) is 23.2 Å². The quantitative estimate of drug-likeness (QED) is 0.572. The number of carbonyl (C=O) groups is 1. The van der Waals surface area contributed by atoms with Crippen molar-refractivity contribution in [2.24, 2.45) is 0 Å². The first kappa shape index (κ1) is 11.4. The number of hydrogen-bond acceptors (Lipinski definition) is 2. The maximum absolute atomic E-state index is 12.1. The van der Waals surface area contributed by atoms with Crippen molar-refractivity contribution in [3.63, 3.8) is 0 Å². The standard InChI is InChI=1S/C11H10Cl2N2O/c12-9-6-8(7-10(13)14-9)11(16)15-4-2-1-3-5-15/h1-2,6-7H,3-5H2. The minimum absolute atomic E-state index is 0.0597. The van der Waals surface area contributed by atoms with Crippen LogP contribution < -0.4 is 0 Å². The molecule has 0 unspecified atom stereocenters. The maximum atomic E-state index is 12.1. The van der Waals surface area contributed by atoms with Crippen LogP contribution in [-0.4, -0.2) is 28.9 Å². The van der Waals surface area contributed by atoms with E-state index in [1.807, 2.05) is 6.08 Å². The van der Waals surface area contributed by atoms with E-state index in [0.717, 1.165) is 13.0 Å². The topological polar surface area (TPSA) is 33.2 Å². The molecule has 0 atom stereocenters. The molecule has 3 nitrogen and oxygen atoms in total. The van der Waals surface area contributed by atoms with Gasteiger partial charge in [-0.15, -0.1) is 0 Å². The Bertz CT molecular complexity index is 425. The lowest BCUT2D eigenvalue weighted by Gasteiger charge is -2.23. The SMILES string of the molecule is O=C(c1cc(Cl)nc(Cl)c1)N1CC=CCC1. The second-order valence-electron chi connectivity index (χ2n) is 3.51. The van der Waals surface area contributed by atoms with E-state index < -0.39 is 0 Å². The van der Waals surface area contributed by atoms with Gasteiger partial charge in [-0.1, -0.05) is 35.4 Å². The fraction of sp³-hybridized carbons (Fsp3) is 0.273.